The maximum Gasteiger partial charge on any atom is 0.230 e. The average Bonchev–Trinajstić information content (AvgIpc) is 2.91. The highest BCUT2D eigenvalue weighted by atomic mass is 16.2. The van der Waals surface area contributed by atoms with Crippen LogP contribution in [0.25, 0.3) is 11.0 Å². The zero-order valence-corrected chi connectivity index (χ0v) is 17.2. The van der Waals surface area contributed by atoms with E-state index >= 15 is 0 Å². The minimum atomic E-state index is -0.394. The van der Waals surface area contributed by atoms with Gasteiger partial charge in [0, 0.05) is 27.1 Å². The number of carbonyl (C=O) groups excluding carboxylic acids is 2. The van der Waals surface area contributed by atoms with Crippen LogP contribution in [0.5, 0.6) is 0 Å². The van der Waals surface area contributed by atoms with Crippen molar-refractivity contribution < 1.29 is 9.59 Å². The van der Waals surface area contributed by atoms with Gasteiger partial charge in [-0.1, -0.05) is 42.5 Å². The van der Waals surface area contributed by atoms with Crippen LogP contribution in [0, 0.1) is 0 Å². The Hall–Kier alpha value is -3.48. The summed E-state index contributed by atoms with van der Waals surface area (Å²) >= 11 is 0. The topological polar surface area (TPSA) is 78.4 Å². The molecule has 1 aliphatic heterocycles. The average molecular weight is 403 g/mol. The third-order valence-corrected chi connectivity index (χ3v) is 5.29. The van der Waals surface area contributed by atoms with Gasteiger partial charge in [0.2, 0.25) is 11.8 Å². The smallest absolute Gasteiger partial charge is 0.230 e. The number of hydrogen-bond acceptors (Lipinski definition) is 5. The first-order valence-corrected chi connectivity index (χ1v) is 10.1. The van der Waals surface area contributed by atoms with E-state index in [4.69, 9.17) is 9.97 Å². The third kappa shape index (κ3) is 4.10. The Morgan fingerprint density at radius 3 is 2.27 bits per heavy atom. The monoisotopic (exact) mass is 403 g/mol. The number of hydrogen-bond donors (Lipinski definition) is 1. The molecule has 7 heteroatoms. The largest absolute Gasteiger partial charge is 0.357 e. The third-order valence-electron chi connectivity index (χ3n) is 5.29. The summed E-state index contributed by atoms with van der Waals surface area (Å²) in [5.41, 5.74) is 2.46. The first kappa shape index (κ1) is 19.8. The van der Waals surface area contributed by atoms with Crippen LogP contribution < -0.4 is 15.1 Å². The highest BCUT2D eigenvalue weighted by molar-refractivity contribution is 5.97. The van der Waals surface area contributed by atoms with Gasteiger partial charge in [0.05, 0.1) is 23.5 Å². The summed E-state index contributed by atoms with van der Waals surface area (Å²) in [6.45, 7) is 2.82. The molecular weight excluding hydrogens is 378 g/mol. The molecule has 2 aromatic carbocycles. The van der Waals surface area contributed by atoms with Crippen LogP contribution in [0.1, 0.15) is 31.4 Å². The molecular formula is C23H25N5O2. The number of anilines is 2. The molecule has 0 unspecified atom stereocenters. The number of para-hydroxylation sites is 2. The molecule has 154 valence electrons. The number of aromatic nitrogens is 2. The molecule has 0 bridgehead atoms. The normalized spacial score (nSPS) is 14.7. The van der Waals surface area contributed by atoms with Gasteiger partial charge in [0.1, 0.15) is 0 Å². The number of nitrogens with zero attached hydrogens (tertiary/aromatic N) is 4. The maximum absolute atomic E-state index is 13.4. The number of benzene rings is 2. The van der Waals surface area contributed by atoms with Crippen LogP contribution in [-0.2, 0) is 9.59 Å². The molecule has 1 atom stereocenters. The fraction of sp³-hybridized carbons (Fsp3) is 0.304. The van der Waals surface area contributed by atoms with Crippen molar-refractivity contribution in [3.63, 3.8) is 0 Å². The van der Waals surface area contributed by atoms with E-state index in [0.717, 1.165) is 29.6 Å². The highest BCUT2D eigenvalue weighted by Gasteiger charge is 2.29. The molecule has 0 saturated carbocycles. The Balaban J connectivity index is 1.69. The van der Waals surface area contributed by atoms with Crippen LogP contribution in [0.2, 0.25) is 0 Å². The second-order valence-corrected chi connectivity index (χ2v) is 7.55. The summed E-state index contributed by atoms with van der Waals surface area (Å²) in [5, 5.41) is 2.91. The molecule has 1 aromatic heterocycles. The van der Waals surface area contributed by atoms with Gasteiger partial charge in [-0.15, -0.1) is 0 Å². The van der Waals surface area contributed by atoms with E-state index in [0.29, 0.717) is 18.2 Å². The van der Waals surface area contributed by atoms with E-state index in [-0.39, 0.29) is 18.2 Å². The molecule has 4 rings (SSSR count). The molecule has 3 aromatic rings. The van der Waals surface area contributed by atoms with Crippen molar-refractivity contribution >= 4 is 34.5 Å². The Morgan fingerprint density at radius 1 is 0.967 bits per heavy atom. The second kappa shape index (κ2) is 8.49. The van der Waals surface area contributed by atoms with E-state index in [9.17, 15) is 9.59 Å². The summed E-state index contributed by atoms with van der Waals surface area (Å²) < 4.78 is 0. The first-order chi connectivity index (χ1) is 14.5. The van der Waals surface area contributed by atoms with Crippen molar-refractivity contribution in [2.24, 2.45) is 0 Å². The summed E-state index contributed by atoms with van der Waals surface area (Å²) in [6.07, 6.45) is 0.966. The highest BCUT2D eigenvalue weighted by Crippen LogP contribution is 2.31. The van der Waals surface area contributed by atoms with Gasteiger partial charge in [-0.05, 0) is 24.1 Å². The molecule has 0 fully saturated rings. The molecule has 0 aliphatic carbocycles. The van der Waals surface area contributed by atoms with Gasteiger partial charge in [-0.25, -0.2) is 9.97 Å². The van der Waals surface area contributed by atoms with E-state index in [1.807, 2.05) is 66.5 Å². The minimum Gasteiger partial charge on any atom is -0.357 e. The molecule has 2 amide bonds. The van der Waals surface area contributed by atoms with E-state index in [1.54, 1.807) is 4.90 Å². The van der Waals surface area contributed by atoms with Crippen LogP contribution in [0.4, 0.5) is 11.6 Å². The van der Waals surface area contributed by atoms with Crippen molar-refractivity contribution in [3.05, 3.63) is 60.2 Å². The predicted octanol–water partition coefficient (Wildman–Crippen LogP) is 3.07. The number of rotatable bonds is 4. The zero-order valence-electron chi connectivity index (χ0n) is 17.2. The van der Waals surface area contributed by atoms with Gasteiger partial charge >= 0.3 is 0 Å². The summed E-state index contributed by atoms with van der Waals surface area (Å²) in [6, 6.07) is 16.9. The van der Waals surface area contributed by atoms with Gasteiger partial charge < -0.3 is 10.2 Å². The lowest BCUT2D eigenvalue weighted by Gasteiger charge is -2.25. The SMILES string of the molecule is CC(=O)N[C@@H](CC(=O)N1CCCN(C)c2nc3ccccc3nc21)c1ccccc1. The molecule has 0 radical (unpaired) electrons. The fourth-order valence-electron chi connectivity index (χ4n) is 3.81. The Bertz CT molecular complexity index is 1070. The Morgan fingerprint density at radius 2 is 1.60 bits per heavy atom. The fourth-order valence-corrected chi connectivity index (χ4v) is 3.81. The first-order valence-electron chi connectivity index (χ1n) is 10.1. The van der Waals surface area contributed by atoms with Crippen LogP contribution in [0.3, 0.4) is 0 Å². The molecule has 0 saturated heterocycles. The maximum atomic E-state index is 13.4. The van der Waals surface area contributed by atoms with E-state index in [2.05, 4.69) is 5.32 Å². The lowest BCUT2D eigenvalue weighted by atomic mass is 10.0. The number of amides is 2. The van der Waals surface area contributed by atoms with Crippen molar-refractivity contribution in [2.75, 3.05) is 29.9 Å². The van der Waals surface area contributed by atoms with Gasteiger partial charge in [0.25, 0.3) is 0 Å². The van der Waals surface area contributed by atoms with Crippen LogP contribution in [-0.4, -0.2) is 41.9 Å². The molecule has 30 heavy (non-hydrogen) atoms. The van der Waals surface area contributed by atoms with Crippen LogP contribution in [0.15, 0.2) is 54.6 Å². The second-order valence-electron chi connectivity index (χ2n) is 7.55. The lowest BCUT2D eigenvalue weighted by molar-refractivity contribution is -0.121. The summed E-state index contributed by atoms with van der Waals surface area (Å²) in [4.78, 5) is 38.5. The Kier molecular flexibility index (Phi) is 5.61. The van der Waals surface area contributed by atoms with Gasteiger partial charge in [-0.2, -0.15) is 0 Å². The molecule has 1 N–H and O–H groups in total. The van der Waals surface area contributed by atoms with E-state index < -0.39 is 6.04 Å². The number of carbonyl (C=O) groups is 2. The van der Waals surface area contributed by atoms with Gasteiger partial charge in [0.15, 0.2) is 11.6 Å². The number of fused-ring (bicyclic) bond motifs is 2. The quantitative estimate of drug-likeness (QED) is 0.724. The molecule has 7 nitrogen and oxygen atoms in total. The summed E-state index contributed by atoms with van der Waals surface area (Å²) in [7, 11) is 1.97. The van der Waals surface area contributed by atoms with Crippen molar-refractivity contribution in [3.8, 4) is 0 Å². The van der Waals surface area contributed by atoms with Crippen molar-refractivity contribution in [1.82, 2.24) is 15.3 Å². The lowest BCUT2D eigenvalue weighted by Crippen LogP contribution is -2.37. The van der Waals surface area contributed by atoms with Crippen molar-refractivity contribution in [1.29, 1.82) is 0 Å². The zero-order chi connectivity index (χ0) is 21.1. The van der Waals surface area contributed by atoms with Crippen LogP contribution >= 0.6 is 0 Å². The molecule has 0 spiro atoms. The number of nitrogens with one attached hydrogen (secondary N) is 1. The van der Waals surface area contributed by atoms with E-state index in [1.165, 1.54) is 6.92 Å². The Labute approximate surface area is 175 Å². The van der Waals surface area contributed by atoms with Crippen molar-refractivity contribution in [2.45, 2.75) is 25.8 Å². The molecule has 2 heterocycles. The predicted molar refractivity (Wildman–Crippen MR) is 117 cm³/mol. The standard InChI is InChI=1S/C23H25N5O2/c1-16(29)24-20(17-9-4-3-5-10-17)15-21(30)28-14-8-13-27(2)22-23(28)26-19-12-7-6-11-18(19)25-22/h3-7,9-12,20H,8,13-15H2,1-2H3,(H,24,29)/t20-/m0/s1. The molecule has 1 aliphatic rings. The minimum absolute atomic E-state index is 0.0845. The van der Waals surface area contributed by atoms with Gasteiger partial charge in [-0.3, -0.25) is 14.5 Å². The summed E-state index contributed by atoms with van der Waals surface area (Å²) in [5.74, 6) is 1.03.